The molecule has 3 N–H and O–H groups in total. The van der Waals surface area contributed by atoms with E-state index in [9.17, 15) is 9.59 Å². The van der Waals surface area contributed by atoms with E-state index < -0.39 is 29.6 Å². The SMILES string of the molecule is CC(C)(C)OC(=O)NC1CC2CCC(C1)N2C(=O)C(N)C(F)(F)c1ccc2cc(Br)ccc2c1. The molecule has 4 rings (SSSR count). The summed E-state index contributed by atoms with van der Waals surface area (Å²) in [5.74, 6) is -4.27. The lowest BCUT2D eigenvalue weighted by Crippen LogP contribution is -2.59. The number of carbonyl (C=O) groups is 2. The van der Waals surface area contributed by atoms with Gasteiger partial charge in [0.1, 0.15) is 5.60 Å². The van der Waals surface area contributed by atoms with Gasteiger partial charge in [0.25, 0.3) is 5.92 Å². The second kappa shape index (κ2) is 9.07. The minimum atomic E-state index is -3.52. The van der Waals surface area contributed by atoms with Crippen molar-refractivity contribution in [2.24, 2.45) is 5.73 Å². The highest BCUT2D eigenvalue weighted by Crippen LogP contribution is 2.40. The maximum absolute atomic E-state index is 15.4. The fraction of sp³-hybridized carbons (Fsp3) is 0.520. The number of fused-ring (bicyclic) bond motifs is 3. The van der Waals surface area contributed by atoms with E-state index >= 15 is 8.78 Å². The van der Waals surface area contributed by atoms with E-state index in [0.29, 0.717) is 31.1 Å². The Kier molecular flexibility index (Phi) is 6.63. The van der Waals surface area contributed by atoms with E-state index in [4.69, 9.17) is 10.5 Å². The smallest absolute Gasteiger partial charge is 0.407 e. The average Bonchev–Trinajstić information content (AvgIpc) is 3.01. The van der Waals surface area contributed by atoms with Crippen molar-refractivity contribution in [2.75, 3.05) is 0 Å². The summed E-state index contributed by atoms with van der Waals surface area (Å²) in [5, 5.41) is 4.32. The van der Waals surface area contributed by atoms with Crippen LogP contribution in [0.5, 0.6) is 0 Å². The molecule has 3 atom stereocenters. The molecule has 0 spiro atoms. The molecule has 2 aliphatic rings. The molecule has 6 nitrogen and oxygen atoms in total. The number of piperidine rings is 1. The van der Waals surface area contributed by atoms with Crippen LogP contribution in [0.15, 0.2) is 40.9 Å². The van der Waals surface area contributed by atoms with Gasteiger partial charge in [0.2, 0.25) is 5.91 Å². The number of alkyl carbamates (subject to hydrolysis) is 1. The van der Waals surface area contributed by atoms with E-state index in [1.165, 1.54) is 17.0 Å². The van der Waals surface area contributed by atoms with Gasteiger partial charge < -0.3 is 20.7 Å². The van der Waals surface area contributed by atoms with E-state index in [1.807, 2.05) is 6.07 Å². The van der Waals surface area contributed by atoms with Crippen LogP contribution in [-0.2, 0) is 15.5 Å². The summed E-state index contributed by atoms with van der Waals surface area (Å²) in [7, 11) is 0. The number of nitrogens with two attached hydrogens (primary N) is 1. The first-order valence-electron chi connectivity index (χ1n) is 11.5. The molecular weight excluding hydrogens is 508 g/mol. The lowest BCUT2D eigenvalue weighted by atomic mass is 9.93. The molecule has 184 valence electrons. The van der Waals surface area contributed by atoms with E-state index in [0.717, 1.165) is 9.86 Å². The second-order valence-electron chi connectivity index (χ2n) is 10.3. The van der Waals surface area contributed by atoms with Crippen molar-refractivity contribution in [3.63, 3.8) is 0 Å². The van der Waals surface area contributed by atoms with Gasteiger partial charge in [-0.3, -0.25) is 4.79 Å². The minimum absolute atomic E-state index is 0.173. The Morgan fingerprint density at radius 3 is 2.29 bits per heavy atom. The van der Waals surface area contributed by atoms with Crippen LogP contribution in [0.4, 0.5) is 13.6 Å². The molecule has 2 bridgehead atoms. The highest BCUT2D eigenvalue weighted by atomic mass is 79.9. The molecule has 2 heterocycles. The second-order valence-corrected chi connectivity index (χ2v) is 11.2. The number of hydrogen-bond acceptors (Lipinski definition) is 4. The molecule has 2 aliphatic heterocycles. The Morgan fingerprint density at radius 1 is 1.09 bits per heavy atom. The van der Waals surface area contributed by atoms with Crippen molar-refractivity contribution in [2.45, 2.75) is 82.1 Å². The molecule has 3 unspecified atom stereocenters. The number of alkyl halides is 2. The van der Waals surface area contributed by atoms with E-state index in [2.05, 4.69) is 21.2 Å². The maximum atomic E-state index is 15.4. The maximum Gasteiger partial charge on any atom is 0.407 e. The molecule has 2 aromatic carbocycles. The summed E-state index contributed by atoms with van der Waals surface area (Å²) >= 11 is 3.38. The molecule has 2 saturated heterocycles. The molecule has 2 aromatic rings. The zero-order valence-electron chi connectivity index (χ0n) is 19.5. The fourth-order valence-electron chi connectivity index (χ4n) is 5.05. The highest BCUT2D eigenvalue weighted by molar-refractivity contribution is 9.10. The van der Waals surface area contributed by atoms with Gasteiger partial charge in [-0.05, 0) is 75.4 Å². The Bertz CT molecular complexity index is 1090. The zero-order chi connectivity index (χ0) is 24.8. The van der Waals surface area contributed by atoms with Crippen LogP contribution in [0.25, 0.3) is 10.8 Å². The number of benzene rings is 2. The molecular formula is C25H30BrF2N3O3. The van der Waals surface area contributed by atoms with Gasteiger partial charge in [-0.25, -0.2) is 4.79 Å². The normalized spacial score (nSPS) is 23.6. The molecule has 0 radical (unpaired) electrons. The molecule has 2 amide bonds. The average molecular weight is 538 g/mol. The topological polar surface area (TPSA) is 84.7 Å². The van der Waals surface area contributed by atoms with Gasteiger partial charge in [0.05, 0.1) is 0 Å². The first-order chi connectivity index (χ1) is 15.8. The lowest BCUT2D eigenvalue weighted by Gasteiger charge is -2.41. The lowest BCUT2D eigenvalue weighted by molar-refractivity contribution is -0.147. The third kappa shape index (κ3) is 5.05. The molecule has 2 fully saturated rings. The fourth-order valence-corrected chi connectivity index (χ4v) is 5.43. The van der Waals surface area contributed by atoms with Gasteiger partial charge >= 0.3 is 6.09 Å². The minimum Gasteiger partial charge on any atom is -0.444 e. The Balaban J connectivity index is 1.46. The van der Waals surface area contributed by atoms with Gasteiger partial charge in [-0.1, -0.05) is 34.1 Å². The van der Waals surface area contributed by atoms with Crippen molar-refractivity contribution in [1.29, 1.82) is 0 Å². The van der Waals surface area contributed by atoms with Crippen molar-refractivity contribution < 1.29 is 23.1 Å². The number of nitrogens with one attached hydrogen (secondary N) is 1. The molecule has 0 aromatic heterocycles. The van der Waals surface area contributed by atoms with Gasteiger partial charge in [0.15, 0.2) is 6.04 Å². The third-order valence-corrected chi connectivity index (χ3v) is 7.05. The number of hydrogen-bond donors (Lipinski definition) is 2. The van der Waals surface area contributed by atoms with Gasteiger partial charge in [0, 0.05) is 28.2 Å². The Morgan fingerprint density at radius 2 is 1.68 bits per heavy atom. The van der Waals surface area contributed by atoms with Gasteiger partial charge in [-0.15, -0.1) is 0 Å². The zero-order valence-corrected chi connectivity index (χ0v) is 21.1. The van der Waals surface area contributed by atoms with Crippen molar-refractivity contribution in [3.8, 4) is 0 Å². The summed E-state index contributed by atoms with van der Waals surface area (Å²) in [5.41, 5.74) is 5.03. The molecule has 34 heavy (non-hydrogen) atoms. The summed E-state index contributed by atoms with van der Waals surface area (Å²) in [4.78, 5) is 26.9. The number of carbonyl (C=O) groups excluding carboxylic acids is 2. The summed E-state index contributed by atoms with van der Waals surface area (Å²) < 4.78 is 37.0. The van der Waals surface area contributed by atoms with Crippen molar-refractivity contribution in [3.05, 3.63) is 46.4 Å². The van der Waals surface area contributed by atoms with E-state index in [1.54, 1.807) is 39.0 Å². The highest BCUT2D eigenvalue weighted by Gasteiger charge is 2.51. The standard InChI is InChI=1S/C25H30BrF2N3O3/c1-24(2,3)34-23(33)30-18-12-19-8-9-20(13-18)31(19)22(32)21(29)25(27,28)16-6-4-15-11-17(26)7-5-14(15)10-16/h4-7,10-11,18-21H,8-9,12-13,29H2,1-3H3,(H,30,33). The number of halogens is 3. The van der Waals surface area contributed by atoms with E-state index in [-0.39, 0.29) is 23.7 Å². The quantitative estimate of drug-likeness (QED) is 0.570. The van der Waals surface area contributed by atoms with Crippen LogP contribution in [-0.4, -0.2) is 46.7 Å². The number of amides is 2. The summed E-state index contributed by atoms with van der Waals surface area (Å²) in [6.45, 7) is 5.36. The van der Waals surface area contributed by atoms with Crippen LogP contribution >= 0.6 is 15.9 Å². The monoisotopic (exact) mass is 537 g/mol. The third-order valence-electron chi connectivity index (χ3n) is 6.55. The van der Waals surface area contributed by atoms with Crippen LogP contribution < -0.4 is 11.1 Å². The van der Waals surface area contributed by atoms with Crippen LogP contribution in [0.1, 0.15) is 52.0 Å². The Hall–Kier alpha value is -2.26. The first kappa shape index (κ1) is 24.9. The predicted octanol–water partition coefficient (Wildman–Crippen LogP) is 5.07. The molecule has 9 heteroatoms. The number of nitrogens with zero attached hydrogens (tertiary/aromatic N) is 1. The van der Waals surface area contributed by atoms with Crippen LogP contribution in [0.3, 0.4) is 0 Å². The summed E-state index contributed by atoms with van der Waals surface area (Å²) in [6, 6.07) is 7.06. The van der Waals surface area contributed by atoms with Crippen LogP contribution in [0, 0.1) is 0 Å². The van der Waals surface area contributed by atoms with Crippen molar-refractivity contribution in [1.82, 2.24) is 10.2 Å². The van der Waals surface area contributed by atoms with Gasteiger partial charge in [-0.2, -0.15) is 8.78 Å². The van der Waals surface area contributed by atoms with Crippen LogP contribution in [0.2, 0.25) is 0 Å². The number of ether oxygens (including phenoxy) is 1. The molecule has 0 saturated carbocycles. The Labute approximate surface area is 206 Å². The molecule has 0 aliphatic carbocycles. The first-order valence-corrected chi connectivity index (χ1v) is 12.3. The predicted molar refractivity (Wildman–Crippen MR) is 130 cm³/mol. The largest absolute Gasteiger partial charge is 0.444 e. The summed E-state index contributed by atoms with van der Waals surface area (Å²) in [6.07, 6.45) is 1.87. The number of rotatable bonds is 4. The van der Waals surface area contributed by atoms with Crippen molar-refractivity contribution >= 4 is 38.7 Å².